The van der Waals surface area contributed by atoms with E-state index in [1.54, 1.807) is 50.2 Å². The highest BCUT2D eigenvalue weighted by Gasteiger charge is 2.27. The van der Waals surface area contributed by atoms with Crippen molar-refractivity contribution in [2.45, 2.75) is 25.3 Å². The van der Waals surface area contributed by atoms with E-state index < -0.39 is 22.5 Å². The van der Waals surface area contributed by atoms with Crippen molar-refractivity contribution in [3.05, 3.63) is 107 Å². The van der Waals surface area contributed by atoms with Crippen molar-refractivity contribution in [1.29, 1.82) is 0 Å². The number of anilines is 1. The molecule has 0 saturated carbocycles. The molecule has 1 amide bonds. The molecule has 0 bridgehead atoms. The highest BCUT2D eigenvalue weighted by atomic mass is 32.2. The van der Waals surface area contributed by atoms with Crippen molar-refractivity contribution in [3.63, 3.8) is 0 Å². The summed E-state index contributed by atoms with van der Waals surface area (Å²) in [5.74, 6) is -1.50. The van der Waals surface area contributed by atoms with Crippen molar-refractivity contribution in [2.24, 2.45) is 0 Å². The lowest BCUT2D eigenvalue weighted by Gasteiger charge is -2.23. The summed E-state index contributed by atoms with van der Waals surface area (Å²) in [6, 6.07) is 24.4. The SMILES string of the molecule is Cc1cc(C)cc(S(=O)(=O)N(CC(=O)O)c2ccc3cc(C(=O)NCc4ccccc4)ccc3c2)c1. The van der Waals surface area contributed by atoms with E-state index in [0.29, 0.717) is 17.5 Å². The third kappa shape index (κ3) is 5.55. The Balaban J connectivity index is 1.64. The summed E-state index contributed by atoms with van der Waals surface area (Å²) in [7, 11) is -4.13. The van der Waals surface area contributed by atoms with Gasteiger partial charge in [0.2, 0.25) is 0 Å². The summed E-state index contributed by atoms with van der Waals surface area (Å²) < 4.78 is 27.8. The van der Waals surface area contributed by atoms with E-state index in [9.17, 15) is 23.1 Å². The van der Waals surface area contributed by atoms with E-state index in [-0.39, 0.29) is 16.5 Å². The second kappa shape index (κ2) is 10.2. The molecule has 0 aliphatic rings. The molecule has 8 heteroatoms. The normalized spacial score (nSPS) is 11.3. The Labute approximate surface area is 210 Å². The van der Waals surface area contributed by atoms with E-state index in [2.05, 4.69) is 5.32 Å². The Kier molecular flexibility index (Phi) is 7.07. The summed E-state index contributed by atoms with van der Waals surface area (Å²) in [6.07, 6.45) is 0. The molecule has 0 atom stereocenters. The van der Waals surface area contributed by atoms with Crippen LogP contribution in [-0.2, 0) is 21.4 Å². The maximum Gasteiger partial charge on any atom is 0.324 e. The summed E-state index contributed by atoms with van der Waals surface area (Å²) in [4.78, 5) is 24.3. The number of amides is 1. The van der Waals surface area contributed by atoms with Crippen LogP contribution in [0.15, 0.2) is 89.8 Å². The minimum atomic E-state index is -4.13. The van der Waals surface area contributed by atoms with E-state index in [1.165, 1.54) is 12.1 Å². The molecule has 0 saturated heterocycles. The predicted molar refractivity (Wildman–Crippen MR) is 140 cm³/mol. The number of aryl methyl sites for hydroxylation is 2. The third-order valence-electron chi connectivity index (χ3n) is 5.73. The first-order valence-corrected chi connectivity index (χ1v) is 12.8. The van der Waals surface area contributed by atoms with Crippen LogP contribution in [-0.4, -0.2) is 31.9 Å². The van der Waals surface area contributed by atoms with Gasteiger partial charge in [-0.25, -0.2) is 8.42 Å². The molecule has 0 unspecified atom stereocenters. The van der Waals surface area contributed by atoms with E-state index in [4.69, 9.17) is 0 Å². The van der Waals surface area contributed by atoms with Crippen molar-refractivity contribution in [1.82, 2.24) is 5.32 Å². The monoisotopic (exact) mass is 502 g/mol. The molecule has 36 heavy (non-hydrogen) atoms. The number of hydrogen-bond donors (Lipinski definition) is 2. The van der Waals surface area contributed by atoms with Gasteiger partial charge in [0.05, 0.1) is 10.6 Å². The molecule has 2 N–H and O–H groups in total. The Morgan fingerprint density at radius 2 is 1.47 bits per heavy atom. The molecule has 7 nitrogen and oxygen atoms in total. The Morgan fingerprint density at radius 1 is 0.833 bits per heavy atom. The number of rotatable bonds is 8. The van der Waals surface area contributed by atoms with Crippen LogP contribution >= 0.6 is 0 Å². The first-order chi connectivity index (χ1) is 17.1. The first kappa shape index (κ1) is 24.9. The van der Waals surface area contributed by atoms with Gasteiger partial charge in [-0.05, 0) is 77.7 Å². The van der Waals surface area contributed by atoms with Crippen LogP contribution < -0.4 is 9.62 Å². The van der Waals surface area contributed by atoms with Crippen LogP contribution in [0.5, 0.6) is 0 Å². The average Bonchev–Trinajstić information content (AvgIpc) is 2.85. The number of carboxylic acids is 1. The van der Waals surface area contributed by atoms with Crippen molar-refractivity contribution in [2.75, 3.05) is 10.8 Å². The minimum absolute atomic E-state index is 0.0341. The molecule has 0 fully saturated rings. The van der Waals surface area contributed by atoms with Gasteiger partial charge in [0.15, 0.2) is 0 Å². The Bertz CT molecular complexity index is 1530. The summed E-state index contributed by atoms with van der Waals surface area (Å²) in [5.41, 5.74) is 3.21. The van der Waals surface area contributed by atoms with Gasteiger partial charge in [0, 0.05) is 12.1 Å². The molecule has 4 aromatic rings. The quantitative estimate of drug-likeness (QED) is 0.365. The lowest BCUT2D eigenvalue weighted by molar-refractivity contribution is -0.135. The van der Waals surface area contributed by atoms with E-state index in [1.807, 2.05) is 36.4 Å². The average molecular weight is 503 g/mol. The number of carbonyl (C=O) groups excluding carboxylic acids is 1. The minimum Gasteiger partial charge on any atom is -0.480 e. The number of fused-ring (bicyclic) bond motifs is 1. The fourth-order valence-corrected chi connectivity index (χ4v) is 5.65. The fourth-order valence-electron chi connectivity index (χ4n) is 4.06. The van der Waals surface area contributed by atoms with Crippen LogP contribution in [0.4, 0.5) is 5.69 Å². The van der Waals surface area contributed by atoms with Gasteiger partial charge in [-0.15, -0.1) is 0 Å². The standard InChI is InChI=1S/C28H26N2O5S/c1-19-12-20(2)14-26(13-19)36(34,35)30(18-27(31)32)25-11-10-22-15-24(9-8-23(22)16-25)28(33)29-17-21-6-4-3-5-7-21/h3-16H,17-18H2,1-2H3,(H,29,33)(H,31,32). The van der Waals surface area contributed by atoms with E-state index >= 15 is 0 Å². The topological polar surface area (TPSA) is 104 Å². The number of benzene rings is 4. The number of carbonyl (C=O) groups is 2. The lowest BCUT2D eigenvalue weighted by Crippen LogP contribution is -2.35. The zero-order valence-electron chi connectivity index (χ0n) is 19.9. The van der Waals surface area contributed by atoms with Crippen LogP contribution in [0.2, 0.25) is 0 Å². The molecule has 0 radical (unpaired) electrons. The molecule has 184 valence electrons. The Hall–Kier alpha value is -4.17. The van der Waals surface area contributed by atoms with Crippen LogP contribution in [0.25, 0.3) is 10.8 Å². The van der Waals surface area contributed by atoms with Crippen molar-refractivity contribution < 1.29 is 23.1 Å². The van der Waals surface area contributed by atoms with Gasteiger partial charge in [-0.1, -0.05) is 48.5 Å². The second-order valence-electron chi connectivity index (χ2n) is 8.64. The van der Waals surface area contributed by atoms with Gasteiger partial charge in [0.1, 0.15) is 6.54 Å². The number of aliphatic carboxylic acids is 1. The van der Waals surface area contributed by atoms with Crippen LogP contribution in [0.3, 0.4) is 0 Å². The lowest BCUT2D eigenvalue weighted by atomic mass is 10.1. The number of nitrogens with one attached hydrogen (secondary N) is 1. The summed E-state index contributed by atoms with van der Waals surface area (Å²) in [6.45, 7) is 3.26. The number of hydrogen-bond acceptors (Lipinski definition) is 4. The van der Waals surface area contributed by atoms with Gasteiger partial charge in [-0.2, -0.15) is 0 Å². The molecule has 0 aliphatic heterocycles. The van der Waals surface area contributed by atoms with Gasteiger partial charge >= 0.3 is 5.97 Å². The zero-order valence-corrected chi connectivity index (χ0v) is 20.7. The number of nitrogens with zero attached hydrogens (tertiary/aromatic N) is 1. The molecule has 0 heterocycles. The van der Waals surface area contributed by atoms with Gasteiger partial charge in [0.25, 0.3) is 15.9 Å². The van der Waals surface area contributed by atoms with Gasteiger partial charge in [-0.3, -0.25) is 13.9 Å². The highest BCUT2D eigenvalue weighted by molar-refractivity contribution is 7.92. The van der Waals surface area contributed by atoms with Gasteiger partial charge < -0.3 is 10.4 Å². The molecular formula is C28H26N2O5S. The molecule has 4 rings (SSSR count). The van der Waals surface area contributed by atoms with Crippen molar-refractivity contribution in [3.8, 4) is 0 Å². The maximum absolute atomic E-state index is 13.5. The Morgan fingerprint density at radius 3 is 2.14 bits per heavy atom. The van der Waals surface area contributed by atoms with Crippen LogP contribution in [0, 0.1) is 13.8 Å². The highest BCUT2D eigenvalue weighted by Crippen LogP contribution is 2.29. The molecule has 0 aromatic heterocycles. The van der Waals surface area contributed by atoms with Crippen LogP contribution in [0.1, 0.15) is 27.0 Å². The number of sulfonamides is 1. The first-order valence-electron chi connectivity index (χ1n) is 11.3. The zero-order chi connectivity index (χ0) is 25.9. The molecule has 4 aromatic carbocycles. The maximum atomic E-state index is 13.5. The largest absolute Gasteiger partial charge is 0.480 e. The molecular weight excluding hydrogens is 476 g/mol. The second-order valence-corrected chi connectivity index (χ2v) is 10.5. The predicted octanol–water partition coefficient (Wildman–Crippen LogP) is 4.67. The summed E-state index contributed by atoms with van der Waals surface area (Å²) >= 11 is 0. The summed E-state index contributed by atoms with van der Waals surface area (Å²) in [5, 5.41) is 13.8. The van der Waals surface area contributed by atoms with E-state index in [0.717, 1.165) is 26.4 Å². The third-order valence-corrected chi connectivity index (χ3v) is 7.48. The molecule has 0 aliphatic carbocycles. The van der Waals surface area contributed by atoms with Crippen molar-refractivity contribution >= 4 is 38.4 Å². The molecule has 0 spiro atoms. The smallest absolute Gasteiger partial charge is 0.324 e. The number of carboxylic acid groups (broad SMARTS) is 1. The fraction of sp³-hybridized carbons (Fsp3) is 0.143.